The summed E-state index contributed by atoms with van der Waals surface area (Å²) < 4.78 is 2.59. The average Bonchev–Trinajstić information content (AvgIpc) is 2.89. The molecule has 116 valence electrons. The Hall–Kier alpha value is -3.15. The standard InChI is InChI=1S/C17H16N4O2/c1-2-11-19(14-8-4-3-5-9-14)16(22)13-21-17(23)20-12-7-6-10-15(20)18-21/h2-10,12H,1,11,13H2. The normalized spacial score (nSPS) is 10.6. The lowest BCUT2D eigenvalue weighted by atomic mass is 10.2. The first-order valence-corrected chi connectivity index (χ1v) is 7.21. The van der Waals surface area contributed by atoms with Crippen LogP contribution in [0.5, 0.6) is 0 Å². The molecule has 3 aromatic rings. The van der Waals surface area contributed by atoms with Gasteiger partial charge < -0.3 is 4.90 Å². The van der Waals surface area contributed by atoms with E-state index in [1.165, 1.54) is 9.08 Å². The zero-order valence-corrected chi connectivity index (χ0v) is 12.5. The Balaban J connectivity index is 1.90. The number of nitrogens with zero attached hydrogens (tertiary/aromatic N) is 4. The fourth-order valence-corrected chi connectivity index (χ4v) is 2.37. The molecule has 6 nitrogen and oxygen atoms in total. The van der Waals surface area contributed by atoms with Crippen LogP contribution in [0.4, 0.5) is 5.69 Å². The number of anilines is 1. The summed E-state index contributed by atoms with van der Waals surface area (Å²) in [5.41, 5.74) is 0.940. The number of amides is 1. The molecule has 6 heteroatoms. The highest BCUT2D eigenvalue weighted by Gasteiger charge is 2.17. The van der Waals surface area contributed by atoms with Gasteiger partial charge in [0, 0.05) is 18.4 Å². The lowest BCUT2D eigenvalue weighted by Crippen LogP contribution is -2.37. The zero-order chi connectivity index (χ0) is 16.2. The molecule has 0 aliphatic carbocycles. The molecule has 2 heterocycles. The Morgan fingerprint density at radius 3 is 2.61 bits per heavy atom. The van der Waals surface area contributed by atoms with Crippen molar-refractivity contribution in [3.8, 4) is 0 Å². The second-order valence-corrected chi connectivity index (χ2v) is 5.00. The molecule has 0 fully saturated rings. The number of carbonyl (C=O) groups excluding carboxylic acids is 1. The van der Waals surface area contributed by atoms with Crippen molar-refractivity contribution in [2.24, 2.45) is 0 Å². The Morgan fingerprint density at radius 1 is 1.17 bits per heavy atom. The number of aromatic nitrogens is 3. The van der Waals surface area contributed by atoms with E-state index in [1.807, 2.05) is 30.3 Å². The first-order valence-electron chi connectivity index (χ1n) is 7.21. The van der Waals surface area contributed by atoms with Gasteiger partial charge in [0.2, 0.25) is 5.91 Å². The van der Waals surface area contributed by atoms with E-state index in [0.717, 1.165) is 5.69 Å². The number of carbonyl (C=O) groups is 1. The summed E-state index contributed by atoms with van der Waals surface area (Å²) in [5, 5.41) is 4.18. The van der Waals surface area contributed by atoms with Crippen molar-refractivity contribution in [2.75, 3.05) is 11.4 Å². The molecule has 0 aliphatic rings. The van der Waals surface area contributed by atoms with Crippen LogP contribution in [0.2, 0.25) is 0 Å². The molecule has 0 aliphatic heterocycles. The van der Waals surface area contributed by atoms with Gasteiger partial charge in [0.25, 0.3) is 0 Å². The smallest absolute Gasteiger partial charge is 0.307 e. The molecule has 1 amide bonds. The van der Waals surface area contributed by atoms with Crippen molar-refractivity contribution in [1.29, 1.82) is 0 Å². The van der Waals surface area contributed by atoms with Crippen LogP contribution in [-0.2, 0) is 11.3 Å². The molecule has 0 unspecified atom stereocenters. The number of para-hydroxylation sites is 1. The van der Waals surface area contributed by atoms with E-state index in [9.17, 15) is 9.59 Å². The van der Waals surface area contributed by atoms with E-state index in [2.05, 4.69) is 11.7 Å². The quantitative estimate of drug-likeness (QED) is 0.674. The second kappa shape index (κ2) is 6.31. The van der Waals surface area contributed by atoms with Gasteiger partial charge in [-0.2, -0.15) is 0 Å². The van der Waals surface area contributed by atoms with E-state index in [0.29, 0.717) is 12.2 Å². The number of fused-ring (bicyclic) bond motifs is 1. The monoisotopic (exact) mass is 308 g/mol. The van der Waals surface area contributed by atoms with Crippen molar-refractivity contribution in [1.82, 2.24) is 14.2 Å². The van der Waals surface area contributed by atoms with Crippen LogP contribution in [0, 0.1) is 0 Å². The summed E-state index contributed by atoms with van der Waals surface area (Å²) in [6, 6.07) is 14.5. The fourth-order valence-electron chi connectivity index (χ4n) is 2.37. The van der Waals surface area contributed by atoms with E-state index in [-0.39, 0.29) is 18.1 Å². The third-order valence-corrected chi connectivity index (χ3v) is 3.45. The highest BCUT2D eigenvalue weighted by Crippen LogP contribution is 2.13. The van der Waals surface area contributed by atoms with Gasteiger partial charge in [-0.15, -0.1) is 11.7 Å². The van der Waals surface area contributed by atoms with Crippen LogP contribution >= 0.6 is 0 Å². The molecular formula is C17H16N4O2. The third kappa shape index (κ3) is 2.91. The van der Waals surface area contributed by atoms with Crippen molar-refractivity contribution >= 4 is 17.2 Å². The molecule has 0 saturated heterocycles. The van der Waals surface area contributed by atoms with Crippen molar-refractivity contribution in [2.45, 2.75) is 6.54 Å². The maximum absolute atomic E-state index is 12.6. The molecule has 0 saturated carbocycles. The number of rotatable bonds is 5. The van der Waals surface area contributed by atoms with Crippen LogP contribution in [0.3, 0.4) is 0 Å². The van der Waals surface area contributed by atoms with Gasteiger partial charge >= 0.3 is 5.69 Å². The van der Waals surface area contributed by atoms with Crippen LogP contribution in [0.15, 0.2) is 72.2 Å². The summed E-state index contributed by atoms with van der Waals surface area (Å²) in [6.45, 7) is 3.93. The minimum atomic E-state index is -0.333. The predicted molar refractivity (Wildman–Crippen MR) is 88.4 cm³/mol. The van der Waals surface area contributed by atoms with Crippen LogP contribution in [-0.4, -0.2) is 26.6 Å². The van der Waals surface area contributed by atoms with Gasteiger partial charge in [-0.1, -0.05) is 30.3 Å². The Bertz CT molecular complexity index is 896. The number of hydrogen-bond donors (Lipinski definition) is 0. The minimum absolute atomic E-state index is 0.122. The molecule has 0 N–H and O–H groups in total. The molecule has 23 heavy (non-hydrogen) atoms. The highest BCUT2D eigenvalue weighted by molar-refractivity contribution is 5.93. The van der Waals surface area contributed by atoms with E-state index in [4.69, 9.17) is 0 Å². The van der Waals surface area contributed by atoms with Gasteiger partial charge in [-0.3, -0.25) is 9.20 Å². The topological polar surface area (TPSA) is 59.6 Å². The van der Waals surface area contributed by atoms with Gasteiger partial charge in [0.05, 0.1) is 0 Å². The van der Waals surface area contributed by atoms with Crippen LogP contribution in [0.25, 0.3) is 5.65 Å². The number of benzene rings is 1. The third-order valence-electron chi connectivity index (χ3n) is 3.45. The van der Waals surface area contributed by atoms with Crippen molar-refractivity contribution in [3.05, 3.63) is 77.9 Å². The number of hydrogen-bond acceptors (Lipinski definition) is 3. The van der Waals surface area contributed by atoms with E-state index in [1.54, 1.807) is 35.4 Å². The summed E-state index contributed by atoms with van der Waals surface area (Å²) in [7, 11) is 0. The molecule has 0 atom stereocenters. The summed E-state index contributed by atoms with van der Waals surface area (Å²) in [4.78, 5) is 26.4. The fraction of sp³-hybridized carbons (Fsp3) is 0.118. The molecule has 3 rings (SSSR count). The SMILES string of the molecule is C=CCN(C(=O)Cn1nc2ccccn2c1=O)c1ccccc1. The molecule has 0 bridgehead atoms. The van der Waals surface area contributed by atoms with Crippen LogP contribution in [0.1, 0.15) is 0 Å². The molecule has 2 aromatic heterocycles. The van der Waals surface area contributed by atoms with Gasteiger partial charge in [0.1, 0.15) is 6.54 Å². The van der Waals surface area contributed by atoms with E-state index >= 15 is 0 Å². The molecule has 1 aromatic carbocycles. The molecule has 0 spiro atoms. The Morgan fingerprint density at radius 2 is 1.91 bits per heavy atom. The predicted octanol–water partition coefficient (Wildman–Crippen LogP) is 1.72. The lowest BCUT2D eigenvalue weighted by molar-refractivity contribution is -0.119. The van der Waals surface area contributed by atoms with E-state index < -0.39 is 0 Å². The highest BCUT2D eigenvalue weighted by atomic mass is 16.2. The molecule has 0 radical (unpaired) electrons. The minimum Gasteiger partial charge on any atom is -0.307 e. The lowest BCUT2D eigenvalue weighted by Gasteiger charge is -2.20. The van der Waals surface area contributed by atoms with Gasteiger partial charge in [-0.25, -0.2) is 9.48 Å². The average molecular weight is 308 g/mol. The maximum atomic E-state index is 12.6. The van der Waals surface area contributed by atoms with Crippen LogP contribution < -0.4 is 10.6 Å². The Labute approximate surface area is 132 Å². The van der Waals surface area contributed by atoms with Crippen molar-refractivity contribution < 1.29 is 4.79 Å². The summed E-state index contributed by atoms with van der Waals surface area (Å²) >= 11 is 0. The maximum Gasteiger partial charge on any atom is 0.350 e. The molecular weight excluding hydrogens is 292 g/mol. The zero-order valence-electron chi connectivity index (χ0n) is 12.5. The Kier molecular flexibility index (Phi) is 4.05. The number of pyridine rings is 1. The van der Waals surface area contributed by atoms with Crippen molar-refractivity contribution in [3.63, 3.8) is 0 Å². The second-order valence-electron chi connectivity index (χ2n) is 5.00. The summed E-state index contributed by atoms with van der Waals surface area (Å²) in [5.74, 6) is -0.221. The summed E-state index contributed by atoms with van der Waals surface area (Å²) in [6.07, 6.45) is 3.28. The first-order chi connectivity index (χ1) is 11.2. The first kappa shape index (κ1) is 14.8. The van der Waals surface area contributed by atoms with Gasteiger partial charge in [0.15, 0.2) is 5.65 Å². The van der Waals surface area contributed by atoms with Gasteiger partial charge in [-0.05, 0) is 24.3 Å². The largest absolute Gasteiger partial charge is 0.350 e.